The molecule has 0 saturated carbocycles. The third-order valence-corrected chi connectivity index (χ3v) is 2.33. The van der Waals surface area contributed by atoms with Crippen LogP contribution in [0.4, 0.5) is 0 Å². The fraction of sp³-hybridized carbons (Fsp3) is 0.800. The van der Waals surface area contributed by atoms with Crippen molar-refractivity contribution < 1.29 is 9.53 Å². The molecule has 4 heteroatoms. The van der Waals surface area contributed by atoms with Gasteiger partial charge in [-0.1, -0.05) is 0 Å². The summed E-state index contributed by atoms with van der Waals surface area (Å²) < 4.78 is 5.59. The van der Waals surface area contributed by atoms with Crippen LogP contribution in [-0.2, 0) is 9.53 Å². The molecule has 0 radical (unpaired) electrons. The average molecular weight is 196 g/mol. The zero-order valence-corrected chi connectivity index (χ0v) is 8.69. The van der Waals surface area contributed by atoms with Crippen LogP contribution in [0.25, 0.3) is 0 Å². The van der Waals surface area contributed by atoms with E-state index in [9.17, 15) is 4.79 Å². The van der Waals surface area contributed by atoms with Crippen LogP contribution in [0.15, 0.2) is 0 Å². The Morgan fingerprint density at radius 2 is 2.29 bits per heavy atom. The Labute approximate surface area is 84.4 Å². The summed E-state index contributed by atoms with van der Waals surface area (Å²) in [7, 11) is 0. The van der Waals surface area contributed by atoms with Crippen molar-refractivity contribution in [1.82, 2.24) is 4.90 Å². The van der Waals surface area contributed by atoms with E-state index in [4.69, 9.17) is 10.00 Å². The van der Waals surface area contributed by atoms with Crippen LogP contribution in [0.2, 0.25) is 0 Å². The number of hydrogen-bond acceptors (Lipinski definition) is 3. The Kier molecular flexibility index (Phi) is 3.90. The highest BCUT2D eigenvalue weighted by Gasteiger charge is 2.22. The van der Waals surface area contributed by atoms with Crippen molar-refractivity contribution in [3.05, 3.63) is 0 Å². The van der Waals surface area contributed by atoms with Crippen LogP contribution in [0, 0.1) is 11.3 Å². The first kappa shape index (κ1) is 11.0. The van der Waals surface area contributed by atoms with Gasteiger partial charge in [0.15, 0.2) is 0 Å². The van der Waals surface area contributed by atoms with Gasteiger partial charge in [-0.3, -0.25) is 4.79 Å². The van der Waals surface area contributed by atoms with Gasteiger partial charge in [0, 0.05) is 13.1 Å². The van der Waals surface area contributed by atoms with Gasteiger partial charge in [-0.25, -0.2) is 0 Å². The number of carbonyl (C=O) groups excluding carboxylic acids is 1. The molecular weight excluding hydrogens is 180 g/mol. The highest BCUT2D eigenvalue weighted by Crippen LogP contribution is 2.11. The molecule has 0 spiro atoms. The van der Waals surface area contributed by atoms with Gasteiger partial charge in [-0.2, -0.15) is 5.26 Å². The molecule has 0 N–H and O–H groups in total. The maximum atomic E-state index is 11.5. The first-order valence-electron chi connectivity index (χ1n) is 4.93. The highest BCUT2D eigenvalue weighted by atomic mass is 16.5. The zero-order valence-electron chi connectivity index (χ0n) is 8.69. The van der Waals surface area contributed by atoms with E-state index in [2.05, 4.69) is 0 Å². The molecule has 1 aliphatic rings. The third-order valence-electron chi connectivity index (χ3n) is 2.33. The lowest BCUT2D eigenvalue weighted by Gasteiger charge is -2.20. The minimum absolute atomic E-state index is 0.0267. The molecule has 2 atom stereocenters. The summed E-state index contributed by atoms with van der Waals surface area (Å²) in [5.41, 5.74) is 0. The van der Waals surface area contributed by atoms with Crippen LogP contribution in [0.1, 0.15) is 26.7 Å². The van der Waals surface area contributed by atoms with Crippen molar-refractivity contribution in [3.63, 3.8) is 0 Å². The summed E-state index contributed by atoms with van der Waals surface area (Å²) in [6, 6.07) is 1.88. The van der Waals surface area contributed by atoms with E-state index >= 15 is 0 Å². The van der Waals surface area contributed by atoms with Crippen LogP contribution < -0.4 is 0 Å². The fourth-order valence-electron chi connectivity index (χ4n) is 1.65. The summed E-state index contributed by atoms with van der Waals surface area (Å²) in [5.74, 6) is -0.0861. The second-order valence-electron chi connectivity index (χ2n) is 3.72. The molecule has 1 aliphatic heterocycles. The molecule has 2 unspecified atom stereocenters. The van der Waals surface area contributed by atoms with Crippen molar-refractivity contribution in [3.8, 4) is 6.07 Å². The lowest BCUT2D eigenvalue weighted by molar-refractivity contribution is -0.130. The summed E-state index contributed by atoms with van der Waals surface area (Å²) in [4.78, 5) is 13.2. The van der Waals surface area contributed by atoms with Crippen LogP contribution in [0.3, 0.4) is 0 Å². The monoisotopic (exact) mass is 196 g/mol. The van der Waals surface area contributed by atoms with Gasteiger partial charge in [0.05, 0.1) is 18.3 Å². The molecule has 78 valence electrons. The predicted molar refractivity (Wildman–Crippen MR) is 51.4 cm³/mol. The minimum atomic E-state index is -0.0861. The topological polar surface area (TPSA) is 53.3 Å². The number of nitriles is 1. The molecule has 0 aromatic heterocycles. The predicted octanol–water partition coefficient (Wildman–Crippen LogP) is 0.926. The Morgan fingerprint density at radius 1 is 1.57 bits per heavy atom. The molecule has 0 aromatic rings. The maximum absolute atomic E-state index is 11.5. The minimum Gasteiger partial charge on any atom is -0.374 e. The Hall–Kier alpha value is -1.08. The molecule has 0 aliphatic carbocycles. The second-order valence-corrected chi connectivity index (χ2v) is 3.72. The molecule has 4 nitrogen and oxygen atoms in total. The van der Waals surface area contributed by atoms with Crippen molar-refractivity contribution in [2.24, 2.45) is 0 Å². The molecular formula is C10H16N2O2. The van der Waals surface area contributed by atoms with Gasteiger partial charge < -0.3 is 9.64 Å². The number of rotatable bonds is 1. The summed E-state index contributed by atoms with van der Waals surface area (Å²) in [6.45, 7) is 5.26. The molecule has 14 heavy (non-hydrogen) atoms. The highest BCUT2D eigenvalue weighted by molar-refractivity contribution is 5.78. The largest absolute Gasteiger partial charge is 0.374 e. The smallest absolute Gasteiger partial charge is 0.236 e. The lowest BCUT2D eigenvalue weighted by Crippen LogP contribution is -2.35. The molecule has 0 aromatic carbocycles. The first-order chi connectivity index (χ1) is 6.63. The average Bonchev–Trinajstić information content (AvgIpc) is 2.27. The van der Waals surface area contributed by atoms with E-state index in [1.807, 2.05) is 19.9 Å². The Bertz CT molecular complexity index is 247. The Morgan fingerprint density at radius 3 is 2.93 bits per heavy atom. The van der Waals surface area contributed by atoms with Crippen molar-refractivity contribution in [1.29, 1.82) is 5.26 Å². The van der Waals surface area contributed by atoms with Gasteiger partial charge in [-0.05, 0) is 20.3 Å². The lowest BCUT2D eigenvalue weighted by atomic mass is 10.2. The first-order valence-corrected chi connectivity index (χ1v) is 4.93. The van der Waals surface area contributed by atoms with E-state index in [0.29, 0.717) is 13.1 Å². The molecule has 1 fully saturated rings. The number of nitrogens with zero attached hydrogens (tertiary/aromatic N) is 2. The number of hydrogen-bond donors (Lipinski definition) is 0. The number of ether oxygens (including phenoxy) is 1. The van der Waals surface area contributed by atoms with Crippen molar-refractivity contribution >= 4 is 5.91 Å². The normalized spacial score (nSPS) is 27.9. The molecule has 0 bridgehead atoms. The van der Waals surface area contributed by atoms with Crippen molar-refractivity contribution in [2.45, 2.75) is 38.9 Å². The van der Waals surface area contributed by atoms with Gasteiger partial charge in [0.2, 0.25) is 5.91 Å². The number of amides is 1. The van der Waals surface area contributed by atoms with E-state index in [1.165, 1.54) is 0 Å². The zero-order chi connectivity index (χ0) is 10.6. The fourth-order valence-corrected chi connectivity index (χ4v) is 1.65. The van der Waals surface area contributed by atoms with Crippen LogP contribution >= 0.6 is 0 Å². The van der Waals surface area contributed by atoms with Crippen LogP contribution in [0.5, 0.6) is 0 Å². The molecule has 1 heterocycles. The van der Waals surface area contributed by atoms with Gasteiger partial charge in [0.25, 0.3) is 0 Å². The third kappa shape index (κ3) is 3.00. The Balaban J connectivity index is 2.54. The van der Waals surface area contributed by atoms with Crippen LogP contribution in [-0.4, -0.2) is 36.1 Å². The summed E-state index contributed by atoms with van der Waals surface area (Å²) in [6.07, 6.45) is 1.09. The molecule has 1 rings (SSSR count). The molecule has 1 saturated heterocycles. The molecule has 1 amide bonds. The van der Waals surface area contributed by atoms with Gasteiger partial charge in [-0.15, -0.1) is 0 Å². The maximum Gasteiger partial charge on any atom is 0.236 e. The van der Waals surface area contributed by atoms with Gasteiger partial charge in [0.1, 0.15) is 6.42 Å². The summed E-state index contributed by atoms with van der Waals surface area (Å²) in [5, 5.41) is 8.43. The quantitative estimate of drug-likeness (QED) is 0.626. The summed E-state index contributed by atoms with van der Waals surface area (Å²) >= 11 is 0. The SMILES string of the molecule is CC1CCN(C(=O)CC#N)CC(C)O1. The number of carbonyl (C=O) groups is 1. The second kappa shape index (κ2) is 4.97. The van der Waals surface area contributed by atoms with E-state index in [-0.39, 0.29) is 24.5 Å². The van der Waals surface area contributed by atoms with E-state index in [0.717, 1.165) is 6.42 Å². The van der Waals surface area contributed by atoms with E-state index in [1.54, 1.807) is 4.90 Å². The van der Waals surface area contributed by atoms with Crippen molar-refractivity contribution in [2.75, 3.05) is 13.1 Å². The standard InChI is InChI=1S/C10H16N2O2/c1-8-4-6-12(7-9(2)14-8)10(13)3-5-11/h8-9H,3-4,6-7H2,1-2H3. The van der Waals surface area contributed by atoms with E-state index < -0.39 is 0 Å². The van der Waals surface area contributed by atoms with Gasteiger partial charge >= 0.3 is 0 Å².